The number of rotatable bonds is 7. The molecule has 0 saturated carbocycles. The van der Waals surface area contributed by atoms with Crippen molar-refractivity contribution in [3.05, 3.63) is 105 Å². The highest BCUT2D eigenvalue weighted by Crippen LogP contribution is 2.25. The van der Waals surface area contributed by atoms with Gasteiger partial charge in [0.05, 0.1) is 16.1 Å². The second-order valence-electron chi connectivity index (χ2n) is 8.35. The molecule has 0 saturated heterocycles. The lowest BCUT2D eigenvalue weighted by Crippen LogP contribution is -2.44. The number of carbonyl (C=O) groups excluding carboxylic acids is 4. The third-order valence-electron chi connectivity index (χ3n) is 5.91. The number of nitro benzene ring substituents is 1. The summed E-state index contributed by atoms with van der Waals surface area (Å²) in [6, 6.07) is 15.7. The summed E-state index contributed by atoms with van der Waals surface area (Å²) in [7, 11) is 0. The largest absolute Gasteiger partial charge is 0.339 e. The fraction of sp³-hybridized carbons (Fsp3) is 0.154. The highest BCUT2D eigenvalue weighted by molar-refractivity contribution is 6.22. The van der Waals surface area contributed by atoms with Gasteiger partial charge in [0, 0.05) is 17.8 Å². The van der Waals surface area contributed by atoms with Crippen LogP contribution in [-0.2, 0) is 9.59 Å². The predicted molar refractivity (Wildman–Crippen MR) is 130 cm³/mol. The molecule has 10 heteroatoms. The number of aryl methyl sites for hydroxylation is 2. The molecule has 0 spiro atoms. The minimum atomic E-state index is -1.24. The maximum Gasteiger partial charge on any atom is 0.269 e. The van der Waals surface area contributed by atoms with Crippen LogP contribution in [0.2, 0.25) is 0 Å². The van der Waals surface area contributed by atoms with E-state index in [-0.39, 0.29) is 16.8 Å². The molecule has 3 aromatic carbocycles. The Balaban J connectivity index is 1.58. The quantitative estimate of drug-likeness (QED) is 0.298. The summed E-state index contributed by atoms with van der Waals surface area (Å²) in [5, 5.41) is 16.4. The first kappa shape index (κ1) is 24.3. The molecular formula is C26H22N4O6. The summed E-state index contributed by atoms with van der Waals surface area (Å²) >= 11 is 0. The molecule has 0 bridgehead atoms. The molecule has 0 aliphatic carbocycles. The third-order valence-corrected chi connectivity index (χ3v) is 5.91. The van der Waals surface area contributed by atoms with Gasteiger partial charge in [0.1, 0.15) is 12.6 Å². The SMILES string of the molecule is Cc1cccc(C)c1NC(=O)[C@@H](NC(=O)CN1C(=O)c2ccccc2C1=O)c1ccc([N+](=O)[O-])cc1. The molecule has 1 heterocycles. The van der Waals surface area contributed by atoms with Gasteiger partial charge in [0.2, 0.25) is 5.91 Å². The molecule has 182 valence electrons. The van der Waals surface area contributed by atoms with Crippen molar-refractivity contribution in [2.75, 3.05) is 11.9 Å². The smallest absolute Gasteiger partial charge is 0.269 e. The lowest BCUT2D eigenvalue weighted by Gasteiger charge is -2.22. The average molecular weight is 486 g/mol. The van der Waals surface area contributed by atoms with E-state index in [1.165, 1.54) is 36.4 Å². The predicted octanol–water partition coefficient (Wildman–Crippen LogP) is 3.30. The van der Waals surface area contributed by atoms with E-state index in [0.29, 0.717) is 11.3 Å². The summed E-state index contributed by atoms with van der Waals surface area (Å²) in [4.78, 5) is 62.8. The van der Waals surface area contributed by atoms with Crippen molar-refractivity contribution in [2.24, 2.45) is 0 Å². The number of benzene rings is 3. The molecule has 4 rings (SSSR count). The van der Waals surface area contributed by atoms with Gasteiger partial charge in [-0.3, -0.25) is 34.2 Å². The number of nitrogens with zero attached hydrogens (tertiary/aromatic N) is 2. The molecule has 1 atom stereocenters. The Morgan fingerprint density at radius 3 is 1.97 bits per heavy atom. The lowest BCUT2D eigenvalue weighted by atomic mass is 10.0. The van der Waals surface area contributed by atoms with Crippen molar-refractivity contribution < 1.29 is 24.1 Å². The highest BCUT2D eigenvalue weighted by atomic mass is 16.6. The van der Waals surface area contributed by atoms with Crippen LogP contribution in [0.3, 0.4) is 0 Å². The topological polar surface area (TPSA) is 139 Å². The summed E-state index contributed by atoms with van der Waals surface area (Å²) in [6.45, 7) is 3.06. The summed E-state index contributed by atoms with van der Waals surface area (Å²) in [6.07, 6.45) is 0. The van der Waals surface area contributed by atoms with Crippen LogP contribution in [0.5, 0.6) is 0 Å². The minimum absolute atomic E-state index is 0.176. The molecule has 36 heavy (non-hydrogen) atoms. The maximum absolute atomic E-state index is 13.3. The molecule has 3 aromatic rings. The van der Waals surface area contributed by atoms with Gasteiger partial charge in [-0.2, -0.15) is 0 Å². The Labute approximate surface area is 206 Å². The van der Waals surface area contributed by atoms with Crippen LogP contribution in [0.1, 0.15) is 43.4 Å². The first-order chi connectivity index (χ1) is 17.2. The van der Waals surface area contributed by atoms with Crippen LogP contribution in [0.25, 0.3) is 0 Å². The zero-order valence-corrected chi connectivity index (χ0v) is 19.5. The summed E-state index contributed by atoms with van der Waals surface area (Å²) in [5.41, 5.74) is 2.71. The van der Waals surface area contributed by atoms with E-state index < -0.39 is 41.1 Å². The average Bonchev–Trinajstić information content (AvgIpc) is 3.10. The van der Waals surface area contributed by atoms with Gasteiger partial charge in [-0.05, 0) is 54.8 Å². The van der Waals surface area contributed by atoms with Gasteiger partial charge in [-0.1, -0.05) is 30.3 Å². The number of amides is 4. The van der Waals surface area contributed by atoms with Crippen molar-refractivity contribution in [1.29, 1.82) is 0 Å². The summed E-state index contributed by atoms with van der Waals surface area (Å²) < 4.78 is 0. The molecule has 0 aromatic heterocycles. The van der Waals surface area contributed by atoms with Gasteiger partial charge in [-0.15, -0.1) is 0 Å². The molecular weight excluding hydrogens is 464 g/mol. The van der Waals surface area contributed by atoms with Crippen LogP contribution >= 0.6 is 0 Å². The van der Waals surface area contributed by atoms with Crippen LogP contribution in [0.4, 0.5) is 11.4 Å². The molecule has 2 N–H and O–H groups in total. The first-order valence-corrected chi connectivity index (χ1v) is 11.0. The van der Waals surface area contributed by atoms with Crippen LogP contribution in [0.15, 0.2) is 66.7 Å². The Hall–Kier alpha value is -4.86. The number of nitrogens with one attached hydrogen (secondary N) is 2. The molecule has 0 unspecified atom stereocenters. The van der Waals surface area contributed by atoms with Crippen molar-refractivity contribution in [3.8, 4) is 0 Å². The molecule has 1 aliphatic rings. The van der Waals surface area contributed by atoms with E-state index in [1.54, 1.807) is 12.1 Å². The zero-order valence-electron chi connectivity index (χ0n) is 19.5. The van der Waals surface area contributed by atoms with E-state index >= 15 is 0 Å². The van der Waals surface area contributed by atoms with E-state index in [9.17, 15) is 29.3 Å². The van der Waals surface area contributed by atoms with Crippen molar-refractivity contribution in [2.45, 2.75) is 19.9 Å². The number of imide groups is 1. The van der Waals surface area contributed by atoms with Crippen molar-refractivity contribution in [3.63, 3.8) is 0 Å². The summed E-state index contributed by atoms with van der Waals surface area (Å²) in [5.74, 6) is -2.53. The third kappa shape index (κ3) is 4.69. The van der Waals surface area contributed by atoms with Crippen LogP contribution < -0.4 is 10.6 Å². The Morgan fingerprint density at radius 1 is 0.889 bits per heavy atom. The zero-order chi connectivity index (χ0) is 26.0. The Kier molecular flexibility index (Phi) is 6.60. The maximum atomic E-state index is 13.3. The number of carbonyl (C=O) groups is 4. The fourth-order valence-corrected chi connectivity index (χ4v) is 4.03. The number of anilines is 1. The number of para-hydroxylation sites is 1. The first-order valence-electron chi connectivity index (χ1n) is 11.0. The van der Waals surface area contributed by atoms with Crippen molar-refractivity contribution in [1.82, 2.24) is 10.2 Å². The van der Waals surface area contributed by atoms with E-state index in [0.717, 1.165) is 16.0 Å². The molecule has 4 amide bonds. The van der Waals surface area contributed by atoms with Crippen LogP contribution in [0, 0.1) is 24.0 Å². The van der Waals surface area contributed by atoms with Crippen molar-refractivity contribution >= 4 is 35.0 Å². The monoisotopic (exact) mass is 486 g/mol. The Morgan fingerprint density at radius 2 is 1.44 bits per heavy atom. The van der Waals surface area contributed by atoms with Crippen LogP contribution in [-0.4, -0.2) is 40.0 Å². The number of hydrogen-bond donors (Lipinski definition) is 2. The standard InChI is InChI=1S/C26H22N4O6/c1-15-6-5-7-16(2)22(15)28-24(32)23(17-10-12-18(13-11-17)30(35)36)27-21(31)14-29-25(33)19-8-3-4-9-20(19)26(29)34/h3-13,23H,14H2,1-2H3,(H,27,31)(H,28,32)/t23-/m0/s1. The van der Waals surface area contributed by atoms with Gasteiger partial charge in [0.25, 0.3) is 23.4 Å². The number of fused-ring (bicyclic) bond motifs is 1. The van der Waals surface area contributed by atoms with Gasteiger partial charge in [0.15, 0.2) is 0 Å². The normalized spacial score (nSPS) is 13.2. The minimum Gasteiger partial charge on any atom is -0.339 e. The molecule has 10 nitrogen and oxygen atoms in total. The molecule has 1 aliphatic heterocycles. The molecule has 0 radical (unpaired) electrons. The van der Waals surface area contributed by atoms with Gasteiger partial charge in [-0.25, -0.2) is 0 Å². The number of non-ortho nitro benzene ring substituents is 1. The number of hydrogen-bond acceptors (Lipinski definition) is 6. The molecule has 0 fully saturated rings. The highest BCUT2D eigenvalue weighted by Gasteiger charge is 2.37. The van der Waals surface area contributed by atoms with E-state index in [2.05, 4.69) is 10.6 Å². The van der Waals surface area contributed by atoms with E-state index in [1.807, 2.05) is 32.0 Å². The lowest BCUT2D eigenvalue weighted by molar-refractivity contribution is -0.384. The Bertz CT molecular complexity index is 1340. The van der Waals surface area contributed by atoms with Gasteiger partial charge < -0.3 is 10.6 Å². The van der Waals surface area contributed by atoms with E-state index in [4.69, 9.17) is 0 Å². The number of nitro groups is 1. The van der Waals surface area contributed by atoms with Gasteiger partial charge >= 0.3 is 0 Å². The second-order valence-corrected chi connectivity index (χ2v) is 8.35. The second kappa shape index (κ2) is 9.79. The fourth-order valence-electron chi connectivity index (χ4n) is 4.03.